The van der Waals surface area contributed by atoms with E-state index in [-0.39, 0.29) is 18.4 Å². The smallest absolute Gasteiger partial charge is 0.255 e. The van der Waals surface area contributed by atoms with Gasteiger partial charge in [-0.1, -0.05) is 85.8 Å². The summed E-state index contributed by atoms with van der Waals surface area (Å²) in [5, 5.41) is 10.3. The van der Waals surface area contributed by atoms with Gasteiger partial charge in [0.1, 0.15) is 5.69 Å². The lowest BCUT2D eigenvalue weighted by Crippen LogP contribution is -2.33. The molecule has 33 heavy (non-hydrogen) atoms. The summed E-state index contributed by atoms with van der Waals surface area (Å²) in [6, 6.07) is 27.2. The predicted molar refractivity (Wildman–Crippen MR) is 130 cm³/mol. The molecule has 2 N–H and O–H groups in total. The molecule has 1 heterocycles. The quantitative estimate of drug-likeness (QED) is 0.424. The summed E-state index contributed by atoms with van der Waals surface area (Å²) >= 11 is 0. The van der Waals surface area contributed by atoms with Gasteiger partial charge in [-0.05, 0) is 23.6 Å². The normalized spacial score (nSPS) is 10.6. The van der Waals surface area contributed by atoms with Gasteiger partial charge in [0, 0.05) is 17.4 Å². The number of carbonyl (C=O) groups is 2. The maximum Gasteiger partial charge on any atom is 0.255 e. The molecule has 0 radical (unpaired) electrons. The molecule has 1 aromatic heterocycles. The first kappa shape index (κ1) is 22.0. The number of rotatable bonds is 8. The Morgan fingerprint density at radius 2 is 1.55 bits per heavy atom. The van der Waals surface area contributed by atoms with Crippen LogP contribution in [0.25, 0.3) is 11.3 Å². The van der Waals surface area contributed by atoms with Gasteiger partial charge in [-0.2, -0.15) is 5.10 Å². The SMILES string of the molecule is CCc1ccccc1NC(=O)CNC(=O)c1cn(Cc2ccccc2)nc1-c1ccccc1. The van der Waals surface area contributed by atoms with Gasteiger partial charge in [0.15, 0.2) is 0 Å². The summed E-state index contributed by atoms with van der Waals surface area (Å²) in [4.78, 5) is 25.5. The van der Waals surface area contributed by atoms with Crippen molar-refractivity contribution in [3.63, 3.8) is 0 Å². The third kappa shape index (κ3) is 5.54. The number of nitrogens with one attached hydrogen (secondary N) is 2. The van der Waals surface area contributed by atoms with E-state index in [9.17, 15) is 9.59 Å². The second-order valence-corrected chi connectivity index (χ2v) is 7.68. The zero-order valence-electron chi connectivity index (χ0n) is 18.5. The van der Waals surface area contributed by atoms with Crippen LogP contribution in [0.1, 0.15) is 28.4 Å². The Hall–Kier alpha value is -4.19. The Labute approximate surface area is 193 Å². The van der Waals surface area contributed by atoms with E-state index in [1.807, 2.05) is 91.9 Å². The summed E-state index contributed by atoms with van der Waals surface area (Å²) in [7, 11) is 0. The van der Waals surface area contributed by atoms with Gasteiger partial charge in [0.05, 0.1) is 18.7 Å². The van der Waals surface area contributed by atoms with E-state index in [0.717, 1.165) is 28.8 Å². The zero-order valence-corrected chi connectivity index (χ0v) is 18.5. The molecule has 0 aliphatic heterocycles. The molecule has 0 bridgehead atoms. The number of aryl methyl sites for hydroxylation is 1. The molecule has 4 aromatic rings. The average molecular weight is 439 g/mol. The Balaban J connectivity index is 1.50. The molecule has 0 unspecified atom stereocenters. The van der Waals surface area contributed by atoms with Crippen molar-refractivity contribution in [2.45, 2.75) is 19.9 Å². The second kappa shape index (κ2) is 10.4. The molecule has 0 spiro atoms. The van der Waals surface area contributed by atoms with Crippen LogP contribution in [0.4, 0.5) is 5.69 Å². The van der Waals surface area contributed by atoms with E-state index in [1.54, 1.807) is 10.9 Å². The van der Waals surface area contributed by atoms with Gasteiger partial charge in [-0.25, -0.2) is 0 Å². The van der Waals surface area contributed by atoms with Gasteiger partial charge < -0.3 is 10.6 Å². The monoisotopic (exact) mass is 438 g/mol. The lowest BCUT2D eigenvalue weighted by atomic mass is 10.1. The molecular weight excluding hydrogens is 412 g/mol. The number of carbonyl (C=O) groups excluding carboxylic acids is 2. The molecule has 2 amide bonds. The van der Waals surface area contributed by atoms with Crippen molar-refractivity contribution in [1.29, 1.82) is 0 Å². The number of para-hydroxylation sites is 1. The molecule has 0 saturated carbocycles. The van der Waals surface area contributed by atoms with Crippen LogP contribution in [-0.4, -0.2) is 28.1 Å². The number of amides is 2. The van der Waals surface area contributed by atoms with Gasteiger partial charge in [0.2, 0.25) is 5.91 Å². The minimum atomic E-state index is -0.341. The van der Waals surface area contributed by atoms with Crippen molar-refractivity contribution in [1.82, 2.24) is 15.1 Å². The maximum absolute atomic E-state index is 13.0. The van der Waals surface area contributed by atoms with Gasteiger partial charge >= 0.3 is 0 Å². The number of anilines is 1. The number of nitrogens with zero attached hydrogens (tertiary/aromatic N) is 2. The first-order valence-electron chi connectivity index (χ1n) is 11.0. The fourth-order valence-corrected chi connectivity index (χ4v) is 3.65. The molecule has 6 heteroatoms. The van der Waals surface area contributed by atoms with Crippen molar-refractivity contribution in [3.8, 4) is 11.3 Å². The zero-order chi connectivity index (χ0) is 23.0. The molecule has 3 aromatic carbocycles. The lowest BCUT2D eigenvalue weighted by Gasteiger charge is -2.10. The predicted octanol–water partition coefficient (Wildman–Crippen LogP) is 4.53. The van der Waals surface area contributed by atoms with Crippen LogP contribution in [0.3, 0.4) is 0 Å². The Morgan fingerprint density at radius 3 is 2.27 bits per heavy atom. The molecule has 0 atom stereocenters. The first-order valence-corrected chi connectivity index (χ1v) is 11.0. The third-order valence-corrected chi connectivity index (χ3v) is 5.32. The summed E-state index contributed by atoms with van der Waals surface area (Å²) in [6.45, 7) is 2.45. The van der Waals surface area contributed by atoms with Crippen molar-refractivity contribution in [2.75, 3.05) is 11.9 Å². The minimum absolute atomic E-state index is 0.130. The van der Waals surface area contributed by atoms with Crippen LogP contribution >= 0.6 is 0 Å². The molecule has 4 rings (SSSR count). The van der Waals surface area contributed by atoms with Crippen LogP contribution in [0.5, 0.6) is 0 Å². The van der Waals surface area contributed by atoms with E-state index in [0.29, 0.717) is 17.8 Å². The second-order valence-electron chi connectivity index (χ2n) is 7.68. The highest BCUT2D eigenvalue weighted by Crippen LogP contribution is 2.22. The van der Waals surface area contributed by atoms with Crippen molar-refractivity contribution in [3.05, 3.63) is 108 Å². The highest BCUT2D eigenvalue weighted by atomic mass is 16.2. The summed E-state index contributed by atoms with van der Waals surface area (Å²) in [5.41, 5.74) is 4.75. The molecule has 0 aliphatic carbocycles. The van der Waals surface area contributed by atoms with Crippen LogP contribution in [-0.2, 0) is 17.8 Å². The Bertz CT molecular complexity index is 1230. The molecule has 0 aliphatic rings. The van der Waals surface area contributed by atoms with E-state index >= 15 is 0 Å². The lowest BCUT2D eigenvalue weighted by molar-refractivity contribution is -0.115. The molecule has 6 nitrogen and oxygen atoms in total. The Kier molecular flexibility index (Phi) is 6.95. The largest absolute Gasteiger partial charge is 0.343 e. The van der Waals surface area contributed by atoms with E-state index < -0.39 is 0 Å². The van der Waals surface area contributed by atoms with Gasteiger partial charge in [-0.15, -0.1) is 0 Å². The van der Waals surface area contributed by atoms with E-state index in [2.05, 4.69) is 15.7 Å². The third-order valence-electron chi connectivity index (χ3n) is 5.32. The number of aromatic nitrogens is 2. The van der Waals surface area contributed by atoms with Crippen LogP contribution in [0, 0.1) is 0 Å². The standard InChI is InChI=1S/C27H26N4O2/c1-2-21-13-9-10-16-24(21)29-25(32)17-28-27(33)23-19-31(18-20-11-5-3-6-12-20)30-26(23)22-14-7-4-8-15-22/h3-16,19H,2,17-18H2,1H3,(H,28,33)(H,29,32). The van der Waals surface area contributed by atoms with Gasteiger partial charge in [0.25, 0.3) is 5.91 Å². The Morgan fingerprint density at radius 1 is 0.879 bits per heavy atom. The topological polar surface area (TPSA) is 76.0 Å². The van der Waals surface area contributed by atoms with Crippen LogP contribution in [0.2, 0.25) is 0 Å². The number of benzene rings is 3. The molecule has 0 fully saturated rings. The van der Waals surface area contributed by atoms with Crippen LogP contribution < -0.4 is 10.6 Å². The number of hydrogen-bond donors (Lipinski definition) is 2. The maximum atomic E-state index is 13.0. The minimum Gasteiger partial charge on any atom is -0.343 e. The van der Waals surface area contributed by atoms with Crippen LogP contribution in [0.15, 0.2) is 91.1 Å². The molecular formula is C27H26N4O2. The van der Waals surface area contributed by atoms with Gasteiger partial charge in [-0.3, -0.25) is 14.3 Å². The van der Waals surface area contributed by atoms with Crippen molar-refractivity contribution < 1.29 is 9.59 Å². The molecule has 0 saturated heterocycles. The van der Waals surface area contributed by atoms with E-state index in [4.69, 9.17) is 0 Å². The van der Waals surface area contributed by atoms with E-state index in [1.165, 1.54) is 0 Å². The summed E-state index contributed by atoms with van der Waals surface area (Å²) in [5.74, 6) is -0.616. The summed E-state index contributed by atoms with van der Waals surface area (Å²) < 4.78 is 1.75. The average Bonchev–Trinajstić information content (AvgIpc) is 3.28. The fourth-order valence-electron chi connectivity index (χ4n) is 3.65. The van der Waals surface area contributed by atoms with Crippen molar-refractivity contribution >= 4 is 17.5 Å². The highest BCUT2D eigenvalue weighted by Gasteiger charge is 2.19. The number of hydrogen-bond acceptors (Lipinski definition) is 3. The fraction of sp³-hybridized carbons (Fsp3) is 0.148. The molecule has 166 valence electrons. The highest BCUT2D eigenvalue weighted by molar-refractivity contribution is 6.02. The first-order chi connectivity index (χ1) is 16.1. The summed E-state index contributed by atoms with van der Waals surface area (Å²) in [6.07, 6.45) is 2.54. The van der Waals surface area contributed by atoms with Crippen molar-refractivity contribution in [2.24, 2.45) is 0 Å².